The third-order valence-corrected chi connectivity index (χ3v) is 4.22. The van der Waals surface area contributed by atoms with E-state index in [1.807, 2.05) is 12.1 Å². The number of hydrogen-bond donors (Lipinski definition) is 3. The summed E-state index contributed by atoms with van der Waals surface area (Å²) in [5.74, 6) is -0.823. The van der Waals surface area contributed by atoms with E-state index in [2.05, 4.69) is 26.9 Å². The van der Waals surface area contributed by atoms with Gasteiger partial charge in [-0.1, -0.05) is 12.7 Å². The van der Waals surface area contributed by atoms with E-state index in [9.17, 15) is 14.4 Å². The number of likely N-dealkylation sites (N-methyl/N-ethyl adjacent to an activating group) is 1. The summed E-state index contributed by atoms with van der Waals surface area (Å²) in [6.45, 7) is 5.03. The molecule has 0 aliphatic rings. The highest BCUT2D eigenvalue weighted by Crippen LogP contribution is 2.24. The average molecular weight is 402 g/mol. The van der Waals surface area contributed by atoms with E-state index in [1.165, 1.54) is 24.5 Å². The van der Waals surface area contributed by atoms with Gasteiger partial charge in [-0.25, -0.2) is 9.78 Å². The summed E-state index contributed by atoms with van der Waals surface area (Å²) >= 11 is 1.36. The predicted octanol–water partition coefficient (Wildman–Crippen LogP) is 2.12. The molecule has 0 saturated carbocycles. The highest BCUT2D eigenvalue weighted by atomic mass is 32.1. The van der Waals surface area contributed by atoms with Crippen LogP contribution in [0.3, 0.4) is 0 Å². The van der Waals surface area contributed by atoms with Crippen LogP contribution in [0.25, 0.3) is 10.6 Å². The Hall–Kier alpha value is -3.46. The minimum absolute atomic E-state index is 0.219. The van der Waals surface area contributed by atoms with Crippen molar-refractivity contribution in [2.24, 2.45) is 0 Å². The van der Waals surface area contributed by atoms with Crippen molar-refractivity contribution in [2.45, 2.75) is 6.92 Å². The van der Waals surface area contributed by atoms with Crippen molar-refractivity contribution < 1.29 is 19.1 Å². The largest absolute Gasteiger partial charge is 0.464 e. The first-order valence-corrected chi connectivity index (χ1v) is 8.93. The molecule has 2 rings (SSSR count). The molecule has 0 unspecified atom stereocenters. The van der Waals surface area contributed by atoms with Gasteiger partial charge in [0.1, 0.15) is 16.4 Å². The Bertz CT molecular complexity index is 858. The van der Waals surface area contributed by atoms with E-state index < -0.39 is 11.9 Å². The molecule has 0 atom stereocenters. The molecule has 0 aliphatic heterocycles. The number of allylic oxidation sites excluding steroid dienone is 2. The molecule has 1 aromatic heterocycles. The van der Waals surface area contributed by atoms with Crippen LogP contribution in [-0.4, -0.2) is 37.3 Å². The maximum absolute atomic E-state index is 11.9. The second-order valence-electron chi connectivity index (χ2n) is 5.20. The number of hydrogen-bond acceptors (Lipinski definition) is 8. The number of methoxy groups -OCH3 is 1. The number of rotatable bonds is 6. The molecule has 148 valence electrons. The molecule has 0 saturated heterocycles. The molecule has 0 aliphatic carbocycles. The third kappa shape index (κ3) is 6.69. The topological polar surface area (TPSA) is 123 Å². The van der Waals surface area contributed by atoms with Gasteiger partial charge in [-0.05, 0) is 31.2 Å². The molecule has 2 aromatic rings. The lowest BCUT2D eigenvalue weighted by molar-refractivity contribution is -0.136. The van der Waals surface area contributed by atoms with Crippen LogP contribution in [0, 0.1) is 0 Å². The monoisotopic (exact) mass is 402 g/mol. The smallest absolute Gasteiger partial charge is 0.353 e. The SMILES string of the molecule is C/C=C(/C=O)NC(=O)c1csc(-c2ccc(N)cc2)n1.C=C(NC)C(=O)OC. The van der Waals surface area contributed by atoms with E-state index in [0.717, 1.165) is 10.6 Å². The molecular formula is C19H22N4O4S. The summed E-state index contributed by atoms with van der Waals surface area (Å²) in [6, 6.07) is 7.25. The molecule has 8 nitrogen and oxygen atoms in total. The fourth-order valence-electron chi connectivity index (χ4n) is 1.73. The summed E-state index contributed by atoms with van der Waals surface area (Å²) in [5, 5.41) is 7.41. The van der Waals surface area contributed by atoms with Crippen LogP contribution in [0.1, 0.15) is 17.4 Å². The molecule has 28 heavy (non-hydrogen) atoms. The number of aldehydes is 1. The van der Waals surface area contributed by atoms with E-state index >= 15 is 0 Å². The minimum Gasteiger partial charge on any atom is -0.464 e. The number of benzene rings is 1. The zero-order valence-corrected chi connectivity index (χ0v) is 16.6. The van der Waals surface area contributed by atoms with Crippen LogP contribution in [0.15, 0.2) is 53.7 Å². The summed E-state index contributed by atoms with van der Waals surface area (Å²) in [6.07, 6.45) is 2.11. The number of carbonyl (C=O) groups excluding carboxylic acids is 3. The van der Waals surface area contributed by atoms with Gasteiger partial charge in [0, 0.05) is 23.7 Å². The molecule has 0 radical (unpaired) electrons. The first-order chi connectivity index (χ1) is 13.4. The molecule has 0 fully saturated rings. The zero-order chi connectivity index (χ0) is 21.1. The minimum atomic E-state index is -0.424. The molecular weight excluding hydrogens is 380 g/mol. The maximum atomic E-state index is 11.9. The lowest BCUT2D eigenvalue weighted by atomic mass is 10.2. The third-order valence-electron chi connectivity index (χ3n) is 3.32. The van der Waals surface area contributed by atoms with E-state index in [0.29, 0.717) is 12.0 Å². The Morgan fingerprint density at radius 3 is 2.39 bits per heavy atom. The molecule has 1 amide bonds. The van der Waals surface area contributed by atoms with Crippen molar-refractivity contribution in [2.75, 3.05) is 19.9 Å². The number of esters is 1. The van der Waals surface area contributed by atoms with Crippen LogP contribution in [0.2, 0.25) is 0 Å². The van der Waals surface area contributed by atoms with Gasteiger partial charge in [0.25, 0.3) is 5.91 Å². The zero-order valence-electron chi connectivity index (χ0n) is 15.8. The van der Waals surface area contributed by atoms with Crippen LogP contribution in [0.4, 0.5) is 5.69 Å². The van der Waals surface area contributed by atoms with Gasteiger partial charge in [0.2, 0.25) is 0 Å². The summed E-state index contributed by atoms with van der Waals surface area (Å²) in [4.78, 5) is 37.1. The van der Waals surface area contributed by atoms with Crippen LogP contribution < -0.4 is 16.4 Å². The molecule has 1 aromatic carbocycles. The summed E-state index contributed by atoms with van der Waals surface area (Å²) in [5.41, 5.74) is 7.96. The number of amides is 1. The van der Waals surface area contributed by atoms with Gasteiger partial charge >= 0.3 is 5.97 Å². The normalized spacial score (nSPS) is 10.2. The Labute approximate surface area is 167 Å². The first-order valence-electron chi connectivity index (χ1n) is 8.05. The Balaban J connectivity index is 0.000000416. The number of aromatic nitrogens is 1. The molecule has 0 spiro atoms. The van der Waals surface area contributed by atoms with Gasteiger partial charge in [-0.3, -0.25) is 9.59 Å². The highest BCUT2D eigenvalue weighted by Gasteiger charge is 2.12. The highest BCUT2D eigenvalue weighted by molar-refractivity contribution is 7.13. The van der Waals surface area contributed by atoms with E-state index in [1.54, 1.807) is 31.5 Å². The fraction of sp³-hybridized carbons (Fsp3) is 0.158. The average Bonchev–Trinajstić information content (AvgIpc) is 3.22. The van der Waals surface area contributed by atoms with Gasteiger partial charge in [0.05, 0.1) is 12.8 Å². The number of nitrogens with zero attached hydrogens (tertiary/aromatic N) is 1. The number of anilines is 1. The summed E-state index contributed by atoms with van der Waals surface area (Å²) < 4.78 is 4.30. The lowest BCUT2D eigenvalue weighted by Gasteiger charge is -2.00. The second-order valence-corrected chi connectivity index (χ2v) is 6.05. The summed E-state index contributed by atoms with van der Waals surface area (Å²) in [7, 11) is 2.92. The molecule has 1 heterocycles. The van der Waals surface area contributed by atoms with Crippen molar-refractivity contribution in [3.63, 3.8) is 0 Å². The van der Waals surface area contributed by atoms with Gasteiger partial charge in [0.15, 0.2) is 6.29 Å². The number of carbonyl (C=O) groups is 3. The number of ether oxygens (including phenoxy) is 1. The Morgan fingerprint density at radius 1 is 1.29 bits per heavy atom. The lowest BCUT2D eigenvalue weighted by Crippen LogP contribution is -2.23. The Morgan fingerprint density at radius 2 is 1.93 bits per heavy atom. The molecule has 0 bridgehead atoms. The maximum Gasteiger partial charge on any atom is 0.353 e. The molecule has 4 N–H and O–H groups in total. The number of nitrogens with two attached hydrogens (primary N) is 1. The predicted molar refractivity (Wildman–Crippen MR) is 109 cm³/mol. The standard InChI is InChI=1S/C14H13N3O2S.C5H9NO2/c1-2-11(7-18)16-13(19)12-8-20-14(17-12)9-3-5-10(15)6-4-9;1-4(6-2)5(7)8-3/h2-8H,15H2,1H3,(H,16,19);6H,1H2,2-3H3/b11-2-;. The first kappa shape index (κ1) is 22.6. The van der Waals surface area contributed by atoms with Crippen molar-refractivity contribution in [3.05, 3.63) is 59.4 Å². The van der Waals surface area contributed by atoms with Gasteiger partial charge in [-0.15, -0.1) is 11.3 Å². The van der Waals surface area contributed by atoms with Crippen LogP contribution in [0.5, 0.6) is 0 Å². The fourth-order valence-corrected chi connectivity index (χ4v) is 2.53. The van der Waals surface area contributed by atoms with E-state index in [-0.39, 0.29) is 17.1 Å². The van der Waals surface area contributed by atoms with Crippen LogP contribution >= 0.6 is 11.3 Å². The van der Waals surface area contributed by atoms with Gasteiger partial charge < -0.3 is 21.1 Å². The molecule has 9 heteroatoms. The number of nitrogens with one attached hydrogen (secondary N) is 2. The number of nitrogen functional groups attached to an aromatic ring is 1. The van der Waals surface area contributed by atoms with Crippen molar-refractivity contribution in [1.82, 2.24) is 15.6 Å². The van der Waals surface area contributed by atoms with Crippen molar-refractivity contribution in [1.29, 1.82) is 0 Å². The van der Waals surface area contributed by atoms with Crippen molar-refractivity contribution >= 4 is 35.2 Å². The second kappa shape index (κ2) is 11.3. The number of thiazole rings is 1. The van der Waals surface area contributed by atoms with E-state index in [4.69, 9.17) is 5.73 Å². The van der Waals surface area contributed by atoms with Crippen LogP contribution in [-0.2, 0) is 14.3 Å². The van der Waals surface area contributed by atoms with Gasteiger partial charge in [-0.2, -0.15) is 0 Å². The van der Waals surface area contributed by atoms with Crippen molar-refractivity contribution in [3.8, 4) is 10.6 Å². The quantitative estimate of drug-likeness (QED) is 0.293. The Kier molecular flexibility index (Phi) is 9.11.